The average Bonchev–Trinajstić information content (AvgIpc) is 2.83. The van der Waals surface area contributed by atoms with Gasteiger partial charge in [0, 0.05) is 24.9 Å². The van der Waals surface area contributed by atoms with Gasteiger partial charge in [0.25, 0.3) is 0 Å². The maximum atomic E-state index is 11.8. The summed E-state index contributed by atoms with van der Waals surface area (Å²) in [5.74, 6) is -0.173. The molecule has 0 fully saturated rings. The van der Waals surface area contributed by atoms with Crippen LogP contribution in [-0.2, 0) is 19.1 Å². The zero-order valence-electron chi connectivity index (χ0n) is 12.3. The molecule has 0 aromatic heterocycles. The number of carbonyl (C=O) groups excluding carboxylic acids is 2. The molecule has 0 saturated carbocycles. The lowest BCUT2D eigenvalue weighted by atomic mass is 10.1. The van der Waals surface area contributed by atoms with E-state index in [0.717, 1.165) is 11.3 Å². The number of fused-ring (bicyclic) bond motifs is 1. The van der Waals surface area contributed by atoms with E-state index in [2.05, 4.69) is 16.1 Å². The van der Waals surface area contributed by atoms with Crippen LogP contribution in [0.5, 0.6) is 0 Å². The van der Waals surface area contributed by atoms with E-state index in [-0.39, 0.29) is 25.7 Å². The summed E-state index contributed by atoms with van der Waals surface area (Å²) in [5.41, 5.74) is 4.29. The number of benzene rings is 1. The third-order valence-corrected chi connectivity index (χ3v) is 2.99. The molecule has 120 valence electrons. The van der Waals surface area contributed by atoms with E-state index in [1.54, 1.807) is 0 Å². The standard InChI is InChI=1S/C14H19N3O5/c1-20-8-9-21-14(19)15-6-7-22-17-12-10-4-2-3-5-11(10)16-13(12)18/h2-5,12,17H,6-9H2,1H3,(H,15,19)(H,16,18). The van der Waals surface area contributed by atoms with Gasteiger partial charge in [-0.2, -0.15) is 5.48 Å². The van der Waals surface area contributed by atoms with Crippen molar-refractivity contribution in [2.75, 3.05) is 38.8 Å². The lowest BCUT2D eigenvalue weighted by Gasteiger charge is -2.12. The molecule has 1 atom stereocenters. The fourth-order valence-corrected chi connectivity index (χ4v) is 1.94. The molecule has 3 N–H and O–H groups in total. The minimum atomic E-state index is -0.551. The fourth-order valence-electron chi connectivity index (χ4n) is 1.94. The Bertz CT molecular complexity index is 523. The Morgan fingerprint density at radius 1 is 1.27 bits per heavy atom. The Morgan fingerprint density at radius 2 is 2.09 bits per heavy atom. The first-order valence-electron chi connectivity index (χ1n) is 6.89. The van der Waals surface area contributed by atoms with Crippen LogP contribution < -0.4 is 16.1 Å². The molecule has 8 heteroatoms. The van der Waals surface area contributed by atoms with Crippen LogP contribution in [0.15, 0.2) is 24.3 Å². The summed E-state index contributed by atoms with van der Waals surface area (Å²) in [6, 6.07) is 6.82. The molecule has 0 spiro atoms. The molecule has 1 unspecified atom stereocenters. The SMILES string of the molecule is COCCOC(=O)NCCONC1C(=O)Nc2ccccc21. The molecule has 1 aliphatic rings. The molecule has 0 radical (unpaired) electrons. The van der Waals surface area contributed by atoms with Gasteiger partial charge in [0.2, 0.25) is 5.91 Å². The van der Waals surface area contributed by atoms with Crippen LogP contribution >= 0.6 is 0 Å². The zero-order chi connectivity index (χ0) is 15.8. The second-order valence-electron chi connectivity index (χ2n) is 4.53. The number of hydrogen-bond acceptors (Lipinski definition) is 6. The number of anilines is 1. The number of rotatable bonds is 8. The van der Waals surface area contributed by atoms with E-state index in [1.165, 1.54) is 7.11 Å². The van der Waals surface area contributed by atoms with E-state index < -0.39 is 12.1 Å². The summed E-state index contributed by atoms with van der Waals surface area (Å²) in [4.78, 5) is 28.2. The molecule has 8 nitrogen and oxygen atoms in total. The van der Waals surface area contributed by atoms with Gasteiger partial charge in [-0.1, -0.05) is 18.2 Å². The predicted octanol–water partition coefficient (Wildman–Crippen LogP) is 0.574. The molecule has 0 saturated heterocycles. The maximum Gasteiger partial charge on any atom is 0.407 e. The van der Waals surface area contributed by atoms with Crippen LogP contribution in [0.1, 0.15) is 11.6 Å². The van der Waals surface area contributed by atoms with Gasteiger partial charge < -0.3 is 20.1 Å². The summed E-state index contributed by atoms with van der Waals surface area (Å²) >= 11 is 0. The molecule has 2 rings (SSSR count). The third kappa shape index (κ3) is 4.42. The molecule has 1 aliphatic heterocycles. The topological polar surface area (TPSA) is 97.9 Å². The second-order valence-corrected chi connectivity index (χ2v) is 4.53. The molecular weight excluding hydrogens is 290 g/mol. The van der Waals surface area contributed by atoms with Crippen molar-refractivity contribution in [1.29, 1.82) is 0 Å². The Kier molecular flexibility index (Phi) is 6.13. The Labute approximate surface area is 128 Å². The molecule has 2 amide bonds. The second kappa shape index (κ2) is 8.32. The monoisotopic (exact) mass is 309 g/mol. The normalized spacial score (nSPS) is 16.0. The number of hydroxylamine groups is 1. The molecular formula is C14H19N3O5. The van der Waals surface area contributed by atoms with E-state index in [1.807, 2.05) is 24.3 Å². The van der Waals surface area contributed by atoms with Crippen LogP contribution in [0, 0.1) is 0 Å². The Morgan fingerprint density at radius 3 is 2.91 bits per heavy atom. The van der Waals surface area contributed by atoms with Crippen LogP contribution in [0.3, 0.4) is 0 Å². The highest BCUT2D eigenvalue weighted by atomic mass is 16.6. The lowest BCUT2D eigenvalue weighted by Crippen LogP contribution is -2.33. The van der Waals surface area contributed by atoms with Gasteiger partial charge >= 0.3 is 6.09 Å². The fraction of sp³-hybridized carbons (Fsp3) is 0.429. The highest BCUT2D eigenvalue weighted by Gasteiger charge is 2.30. The number of carbonyl (C=O) groups is 2. The average molecular weight is 309 g/mol. The van der Waals surface area contributed by atoms with Gasteiger partial charge in [0.15, 0.2) is 0 Å². The van der Waals surface area contributed by atoms with Crippen molar-refractivity contribution < 1.29 is 23.9 Å². The van der Waals surface area contributed by atoms with Crippen molar-refractivity contribution in [3.8, 4) is 0 Å². The van der Waals surface area contributed by atoms with Gasteiger partial charge in [0.1, 0.15) is 12.6 Å². The van der Waals surface area contributed by atoms with Gasteiger partial charge in [-0.15, -0.1) is 0 Å². The van der Waals surface area contributed by atoms with Crippen molar-refractivity contribution in [2.45, 2.75) is 6.04 Å². The number of para-hydroxylation sites is 1. The summed E-state index contributed by atoms with van der Waals surface area (Å²) in [6.07, 6.45) is -0.537. The smallest absolute Gasteiger partial charge is 0.407 e. The van der Waals surface area contributed by atoms with Crippen LogP contribution in [-0.4, -0.2) is 45.5 Å². The van der Waals surface area contributed by atoms with E-state index in [0.29, 0.717) is 6.61 Å². The first-order valence-corrected chi connectivity index (χ1v) is 6.89. The van der Waals surface area contributed by atoms with Crippen LogP contribution in [0.4, 0.5) is 10.5 Å². The number of amides is 2. The Balaban J connectivity index is 1.63. The first-order chi connectivity index (χ1) is 10.7. The van der Waals surface area contributed by atoms with E-state index >= 15 is 0 Å². The molecule has 1 aromatic rings. The highest BCUT2D eigenvalue weighted by Crippen LogP contribution is 2.29. The number of methoxy groups -OCH3 is 1. The van der Waals surface area contributed by atoms with Gasteiger partial charge in [-0.3, -0.25) is 9.63 Å². The molecule has 0 bridgehead atoms. The van der Waals surface area contributed by atoms with E-state index in [9.17, 15) is 9.59 Å². The minimum absolute atomic E-state index is 0.173. The molecule has 1 heterocycles. The van der Waals surface area contributed by atoms with Crippen molar-refractivity contribution in [3.05, 3.63) is 29.8 Å². The van der Waals surface area contributed by atoms with Crippen molar-refractivity contribution >= 4 is 17.7 Å². The largest absolute Gasteiger partial charge is 0.447 e. The van der Waals surface area contributed by atoms with Gasteiger partial charge in [-0.25, -0.2) is 4.79 Å². The van der Waals surface area contributed by atoms with Crippen LogP contribution in [0.2, 0.25) is 0 Å². The van der Waals surface area contributed by atoms with Crippen molar-refractivity contribution in [3.63, 3.8) is 0 Å². The number of alkyl carbamates (subject to hydrolysis) is 1. The van der Waals surface area contributed by atoms with Crippen LogP contribution in [0.25, 0.3) is 0 Å². The third-order valence-electron chi connectivity index (χ3n) is 2.99. The van der Waals surface area contributed by atoms with E-state index in [4.69, 9.17) is 14.3 Å². The summed E-state index contributed by atoms with van der Waals surface area (Å²) in [5, 5.41) is 5.27. The first kappa shape index (κ1) is 16.2. The summed E-state index contributed by atoms with van der Waals surface area (Å²) < 4.78 is 9.56. The lowest BCUT2D eigenvalue weighted by molar-refractivity contribution is -0.121. The maximum absolute atomic E-state index is 11.8. The number of ether oxygens (including phenoxy) is 2. The minimum Gasteiger partial charge on any atom is -0.447 e. The van der Waals surface area contributed by atoms with Gasteiger partial charge in [0.05, 0.1) is 13.2 Å². The van der Waals surface area contributed by atoms with Crippen molar-refractivity contribution in [1.82, 2.24) is 10.8 Å². The molecule has 1 aromatic carbocycles. The molecule has 0 aliphatic carbocycles. The molecule has 22 heavy (non-hydrogen) atoms. The predicted molar refractivity (Wildman–Crippen MR) is 78.1 cm³/mol. The van der Waals surface area contributed by atoms with Gasteiger partial charge in [-0.05, 0) is 6.07 Å². The number of hydrogen-bond donors (Lipinski definition) is 3. The quantitative estimate of drug-likeness (QED) is 0.480. The Hall–Kier alpha value is -2.16. The summed E-state index contributed by atoms with van der Waals surface area (Å²) in [6.45, 7) is 1.00. The zero-order valence-corrected chi connectivity index (χ0v) is 12.3. The number of nitrogens with one attached hydrogen (secondary N) is 3. The van der Waals surface area contributed by atoms with Crippen molar-refractivity contribution in [2.24, 2.45) is 0 Å². The highest BCUT2D eigenvalue weighted by molar-refractivity contribution is 6.02. The summed E-state index contributed by atoms with van der Waals surface area (Å²) in [7, 11) is 1.53.